The molecular weight excluding hydrogens is 231 g/mol. The maximum absolute atomic E-state index is 12.6. The minimum Gasteiger partial charge on any atom is -0.385 e. The van der Waals surface area contributed by atoms with Crippen molar-refractivity contribution in [3.8, 4) is 0 Å². The van der Waals surface area contributed by atoms with Gasteiger partial charge in [-0.15, -0.1) is 0 Å². The van der Waals surface area contributed by atoms with Gasteiger partial charge in [-0.1, -0.05) is 0 Å². The van der Waals surface area contributed by atoms with E-state index in [1.807, 2.05) is 0 Å². The number of fused-ring (bicyclic) bond motifs is 1. The number of anilines is 1. The molecule has 2 rings (SSSR count). The number of hydrogen-bond acceptors (Lipinski definition) is 2. The normalized spacial score (nSPS) is 19.6. The molecule has 0 aliphatic carbocycles. The third-order valence-electron chi connectivity index (χ3n) is 2.99. The summed E-state index contributed by atoms with van der Waals surface area (Å²) in [6, 6.07) is 3.84. The third kappa shape index (κ3) is 2.54. The molecule has 1 N–H and O–H groups in total. The number of halogens is 3. The summed E-state index contributed by atoms with van der Waals surface area (Å²) in [5, 5.41) is 3.11. The first-order valence-corrected chi connectivity index (χ1v) is 5.46. The maximum atomic E-state index is 12.6. The van der Waals surface area contributed by atoms with Crippen LogP contribution < -0.4 is 5.32 Å². The Labute approximate surface area is 97.8 Å². The molecule has 1 aromatic rings. The average Bonchev–Trinajstić information content (AvgIpc) is 2.28. The molecule has 0 amide bonds. The van der Waals surface area contributed by atoms with Crippen molar-refractivity contribution in [1.29, 1.82) is 0 Å². The van der Waals surface area contributed by atoms with Gasteiger partial charge < -0.3 is 10.1 Å². The number of benzene rings is 1. The fourth-order valence-corrected chi connectivity index (χ4v) is 2.15. The Kier molecular flexibility index (Phi) is 3.28. The molecule has 1 unspecified atom stereocenters. The molecule has 2 nitrogen and oxygen atoms in total. The van der Waals surface area contributed by atoms with Crippen molar-refractivity contribution in [1.82, 2.24) is 0 Å². The first-order chi connectivity index (χ1) is 8.02. The van der Waals surface area contributed by atoms with Gasteiger partial charge in [0.15, 0.2) is 0 Å². The van der Waals surface area contributed by atoms with Crippen LogP contribution in [0.25, 0.3) is 0 Å². The number of nitrogens with one attached hydrogen (secondary N) is 1. The molecule has 1 aliphatic rings. The van der Waals surface area contributed by atoms with Gasteiger partial charge in [-0.2, -0.15) is 13.2 Å². The molecule has 17 heavy (non-hydrogen) atoms. The van der Waals surface area contributed by atoms with Gasteiger partial charge in [0.25, 0.3) is 0 Å². The van der Waals surface area contributed by atoms with Crippen molar-refractivity contribution in [3.63, 3.8) is 0 Å². The van der Waals surface area contributed by atoms with E-state index in [1.54, 1.807) is 7.11 Å². The van der Waals surface area contributed by atoms with Crippen LogP contribution in [0.1, 0.15) is 23.5 Å². The molecule has 1 aliphatic heterocycles. The predicted molar refractivity (Wildman–Crippen MR) is 59.2 cm³/mol. The Morgan fingerprint density at radius 1 is 1.41 bits per heavy atom. The second-order valence-corrected chi connectivity index (χ2v) is 4.17. The standard InChI is InChI=1S/C12H14F3NO/c1-17-7-8-4-5-16-11-3-2-9(6-10(8)11)12(13,14)15/h2-3,6,8,16H,4-5,7H2,1H3. The molecule has 1 atom stereocenters. The predicted octanol–water partition coefficient (Wildman–Crippen LogP) is 3.25. The van der Waals surface area contributed by atoms with Gasteiger partial charge in [0, 0.05) is 25.3 Å². The van der Waals surface area contributed by atoms with E-state index in [1.165, 1.54) is 12.1 Å². The maximum Gasteiger partial charge on any atom is 0.416 e. The van der Waals surface area contributed by atoms with Crippen LogP contribution >= 0.6 is 0 Å². The zero-order chi connectivity index (χ0) is 12.5. The van der Waals surface area contributed by atoms with E-state index in [0.29, 0.717) is 12.2 Å². The average molecular weight is 245 g/mol. The Hall–Kier alpha value is -1.23. The van der Waals surface area contributed by atoms with E-state index in [-0.39, 0.29) is 5.92 Å². The van der Waals surface area contributed by atoms with Gasteiger partial charge in [-0.25, -0.2) is 0 Å². The lowest BCUT2D eigenvalue weighted by Crippen LogP contribution is -2.21. The molecule has 1 aromatic carbocycles. The van der Waals surface area contributed by atoms with Gasteiger partial charge in [-0.05, 0) is 30.2 Å². The SMILES string of the molecule is COCC1CCNc2ccc(C(F)(F)F)cc21. The minimum absolute atomic E-state index is 0.0403. The third-order valence-corrected chi connectivity index (χ3v) is 2.99. The zero-order valence-corrected chi connectivity index (χ0v) is 9.47. The highest BCUT2D eigenvalue weighted by Crippen LogP contribution is 2.37. The second-order valence-electron chi connectivity index (χ2n) is 4.17. The summed E-state index contributed by atoms with van der Waals surface area (Å²) in [6.07, 6.45) is -3.49. The highest BCUT2D eigenvalue weighted by atomic mass is 19.4. The quantitative estimate of drug-likeness (QED) is 0.863. The minimum atomic E-state index is -4.29. The molecule has 1 heterocycles. The molecular formula is C12H14F3NO. The van der Waals surface area contributed by atoms with Gasteiger partial charge >= 0.3 is 6.18 Å². The molecule has 0 fully saturated rings. The highest BCUT2D eigenvalue weighted by molar-refractivity contribution is 5.56. The summed E-state index contributed by atoms with van der Waals surface area (Å²) < 4.78 is 42.9. The number of hydrogen-bond donors (Lipinski definition) is 1. The lowest BCUT2D eigenvalue weighted by atomic mass is 9.90. The van der Waals surface area contributed by atoms with Gasteiger partial charge in [0.05, 0.1) is 12.2 Å². The van der Waals surface area contributed by atoms with E-state index < -0.39 is 11.7 Å². The molecule has 0 saturated heterocycles. The van der Waals surface area contributed by atoms with E-state index in [4.69, 9.17) is 4.74 Å². The Bertz CT molecular complexity index is 403. The van der Waals surface area contributed by atoms with Gasteiger partial charge in [0.2, 0.25) is 0 Å². The number of rotatable bonds is 2. The van der Waals surface area contributed by atoms with Crippen LogP contribution in [0.2, 0.25) is 0 Å². The topological polar surface area (TPSA) is 21.3 Å². The van der Waals surface area contributed by atoms with Crippen LogP contribution in [0.3, 0.4) is 0 Å². The molecule has 0 aromatic heterocycles. The van der Waals surface area contributed by atoms with E-state index in [0.717, 1.165) is 24.7 Å². The second kappa shape index (κ2) is 4.56. The number of alkyl halides is 3. The van der Waals surface area contributed by atoms with Crippen molar-refractivity contribution < 1.29 is 17.9 Å². The van der Waals surface area contributed by atoms with Crippen LogP contribution in [0.15, 0.2) is 18.2 Å². The summed E-state index contributed by atoms with van der Waals surface area (Å²) in [4.78, 5) is 0. The number of methoxy groups -OCH3 is 1. The zero-order valence-electron chi connectivity index (χ0n) is 9.47. The van der Waals surface area contributed by atoms with Crippen molar-refractivity contribution in [2.24, 2.45) is 0 Å². The van der Waals surface area contributed by atoms with E-state index >= 15 is 0 Å². The largest absolute Gasteiger partial charge is 0.416 e. The van der Waals surface area contributed by atoms with Crippen molar-refractivity contribution in [2.75, 3.05) is 25.6 Å². The Morgan fingerprint density at radius 2 is 2.18 bits per heavy atom. The first-order valence-electron chi connectivity index (χ1n) is 5.46. The van der Waals surface area contributed by atoms with Crippen LogP contribution in [-0.4, -0.2) is 20.3 Å². The van der Waals surface area contributed by atoms with Crippen molar-refractivity contribution in [3.05, 3.63) is 29.3 Å². The summed E-state index contributed by atoms with van der Waals surface area (Å²) in [5.41, 5.74) is 0.889. The van der Waals surface area contributed by atoms with Crippen LogP contribution in [-0.2, 0) is 10.9 Å². The molecule has 0 spiro atoms. The van der Waals surface area contributed by atoms with Crippen LogP contribution in [0.5, 0.6) is 0 Å². The van der Waals surface area contributed by atoms with Gasteiger partial charge in [-0.3, -0.25) is 0 Å². The summed E-state index contributed by atoms with van der Waals surface area (Å²) in [7, 11) is 1.56. The summed E-state index contributed by atoms with van der Waals surface area (Å²) >= 11 is 0. The molecule has 94 valence electrons. The van der Waals surface area contributed by atoms with Crippen LogP contribution in [0, 0.1) is 0 Å². The van der Waals surface area contributed by atoms with Crippen molar-refractivity contribution >= 4 is 5.69 Å². The number of ether oxygens (including phenoxy) is 1. The van der Waals surface area contributed by atoms with Crippen molar-refractivity contribution in [2.45, 2.75) is 18.5 Å². The Morgan fingerprint density at radius 3 is 2.82 bits per heavy atom. The highest BCUT2D eigenvalue weighted by Gasteiger charge is 2.32. The molecule has 0 bridgehead atoms. The van der Waals surface area contributed by atoms with E-state index in [9.17, 15) is 13.2 Å². The first kappa shape index (κ1) is 12.2. The van der Waals surface area contributed by atoms with Gasteiger partial charge in [0.1, 0.15) is 0 Å². The fraction of sp³-hybridized carbons (Fsp3) is 0.500. The smallest absolute Gasteiger partial charge is 0.385 e. The Balaban J connectivity index is 2.37. The lowest BCUT2D eigenvalue weighted by molar-refractivity contribution is -0.137. The van der Waals surface area contributed by atoms with E-state index in [2.05, 4.69) is 5.32 Å². The summed E-state index contributed by atoms with van der Waals surface area (Å²) in [5.74, 6) is 0.0403. The molecule has 0 saturated carbocycles. The monoisotopic (exact) mass is 245 g/mol. The summed E-state index contributed by atoms with van der Waals surface area (Å²) in [6.45, 7) is 1.22. The molecule has 5 heteroatoms. The fourth-order valence-electron chi connectivity index (χ4n) is 2.15. The lowest BCUT2D eigenvalue weighted by Gasteiger charge is -2.27. The molecule has 0 radical (unpaired) electrons. The van der Waals surface area contributed by atoms with Crippen LogP contribution in [0.4, 0.5) is 18.9 Å².